The third-order valence-corrected chi connectivity index (χ3v) is 5.36. The first kappa shape index (κ1) is 17.9. The number of carbonyl (C=O) groups is 2. The van der Waals surface area contributed by atoms with Crippen LogP contribution in [0, 0.1) is 0 Å². The minimum absolute atomic E-state index is 0.0393. The number of hydrazone groups is 1. The van der Waals surface area contributed by atoms with E-state index in [-0.39, 0.29) is 28.5 Å². The van der Waals surface area contributed by atoms with Gasteiger partial charge in [0.15, 0.2) is 11.5 Å². The molecular weight excluding hydrogens is 356 g/mol. The van der Waals surface area contributed by atoms with Crippen LogP contribution in [0.25, 0.3) is 0 Å². The molecule has 136 valence electrons. The Morgan fingerprint density at radius 2 is 2.08 bits per heavy atom. The number of carboxylic acids is 1. The summed E-state index contributed by atoms with van der Waals surface area (Å²) in [6, 6.07) is 4.95. The van der Waals surface area contributed by atoms with E-state index in [0.717, 1.165) is 19.3 Å². The first-order valence-corrected chi connectivity index (χ1v) is 8.78. The summed E-state index contributed by atoms with van der Waals surface area (Å²) in [6.07, 6.45) is 4.39. The Hall–Kier alpha value is -2.87. The molecule has 1 aliphatic rings. The largest absolute Gasteiger partial charge is 0.545 e. The monoisotopic (exact) mass is 373 g/mol. The van der Waals surface area contributed by atoms with Gasteiger partial charge in [0.25, 0.3) is 5.91 Å². The summed E-state index contributed by atoms with van der Waals surface area (Å²) < 4.78 is 10.2. The van der Waals surface area contributed by atoms with Crippen molar-refractivity contribution in [1.82, 2.24) is 5.43 Å². The van der Waals surface area contributed by atoms with Gasteiger partial charge in [-0.05, 0) is 43.0 Å². The summed E-state index contributed by atoms with van der Waals surface area (Å²) in [4.78, 5) is 25.5. The van der Waals surface area contributed by atoms with Crippen molar-refractivity contribution >= 4 is 29.4 Å². The van der Waals surface area contributed by atoms with E-state index in [9.17, 15) is 14.7 Å². The Bertz CT molecular complexity index is 866. The quantitative estimate of drug-likeness (QED) is 0.609. The van der Waals surface area contributed by atoms with E-state index >= 15 is 0 Å². The zero-order valence-electron chi connectivity index (χ0n) is 14.3. The molecule has 0 radical (unpaired) electrons. The molecule has 0 unspecified atom stereocenters. The molecule has 0 atom stereocenters. The topological polar surface area (TPSA) is 100 Å². The highest BCUT2D eigenvalue weighted by Gasteiger charge is 2.18. The Kier molecular flexibility index (Phi) is 5.22. The van der Waals surface area contributed by atoms with E-state index in [1.54, 1.807) is 6.07 Å². The van der Waals surface area contributed by atoms with E-state index in [2.05, 4.69) is 10.5 Å². The summed E-state index contributed by atoms with van der Waals surface area (Å²) in [5.41, 5.74) is 3.69. The van der Waals surface area contributed by atoms with Gasteiger partial charge < -0.3 is 19.4 Å². The lowest BCUT2D eigenvalue weighted by Crippen LogP contribution is -2.25. The van der Waals surface area contributed by atoms with Gasteiger partial charge in [-0.1, -0.05) is 0 Å². The number of aromatic carboxylic acids is 1. The average Bonchev–Trinajstić information content (AvgIpc) is 3.22. The number of amides is 1. The molecule has 1 aromatic carbocycles. The minimum Gasteiger partial charge on any atom is -0.545 e. The number of nitrogens with zero attached hydrogens (tertiary/aromatic N) is 1. The van der Waals surface area contributed by atoms with Crippen molar-refractivity contribution in [2.75, 3.05) is 14.2 Å². The molecule has 1 amide bonds. The maximum Gasteiger partial charge on any atom is 0.281 e. The second kappa shape index (κ2) is 7.57. The second-order valence-electron chi connectivity index (χ2n) is 5.66. The maximum atomic E-state index is 12.2. The zero-order valence-corrected chi connectivity index (χ0v) is 15.1. The predicted molar refractivity (Wildman–Crippen MR) is 95.3 cm³/mol. The Balaban J connectivity index is 1.79. The second-order valence-corrected chi connectivity index (χ2v) is 6.80. The maximum absolute atomic E-state index is 12.2. The van der Waals surface area contributed by atoms with Gasteiger partial charge in [0.1, 0.15) is 0 Å². The smallest absolute Gasteiger partial charge is 0.281 e. The number of carboxylic acid groups (broad SMARTS) is 1. The number of carbonyl (C=O) groups excluding carboxylic acids is 2. The molecule has 0 fully saturated rings. The minimum atomic E-state index is -1.43. The third-order valence-electron chi connectivity index (χ3n) is 4.12. The number of aryl methyl sites for hydroxylation is 2. The Morgan fingerprint density at radius 1 is 1.27 bits per heavy atom. The number of rotatable bonds is 6. The van der Waals surface area contributed by atoms with E-state index < -0.39 is 5.97 Å². The molecule has 0 spiro atoms. The summed E-state index contributed by atoms with van der Waals surface area (Å²) in [5.74, 6) is -1.45. The van der Waals surface area contributed by atoms with Crippen molar-refractivity contribution in [1.29, 1.82) is 0 Å². The van der Waals surface area contributed by atoms with E-state index in [1.807, 2.05) is 6.07 Å². The zero-order chi connectivity index (χ0) is 18.7. The summed E-state index contributed by atoms with van der Waals surface area (Å²) >= 11 is 1.47. The SMILES string of the molecule is COc1ccc(/C=N\NC(=O)c2cc3c(s2)CCC3)c(C(=O)[O-])c1OC. The van der Waals surface area contributed by atoms with Crippen LogP contribution in [-0.2, 0) is 12.8 Å². The van der Waals surface area contributed by atoms with Crippen LogP contribution in [-0.4, -0.2) is 32.3 Å². The molecule has 26 heavy (non-hydrogen) atoms. The average molecular weight is 373 g/mol. The lowest BCUT2D eigenvalue weighted by Gasteiger charge is -2.15. The highest BCUT2D eigenvalue weighted by atomic mass is 32.1. The van der Waals surface area contributed by atoms with Gasteiger partial charge in [-0.25, -0.2) is 5.43 Å². The molecule has 1 aliphatic carbocycles. The fourth-order valence-electron chi connectivity index (χ4n) is 2.92. The summed E-state index contributed by atoms with van der Waals surface area (Å²) in [6.45, 7) is 0. The Morgan fingerprint density at radius 3 is 2.73 bits per heavy atom. The molecule has 2 aromatic rings. The third kappa shape index (κ3) is 3.41. The molecule has 0 saturated carbocycles. The van der Waals surface area contributed by atoms with Gasteiger partial charge in [0.05, 0.1) is 36.8 Å². The molecule has 1 N–H and O–H groups in total. The number of hydrogen-bond acceptors (Lipinski definition) is 7. The van der Waals surface area contributed by atoms with Gasteiger partial charge in [-0.2, -0.15) is 5.10 Å². The van der Waals surface area contributed by atoms with Crippen molar-refractivity contribution in [2.45, 2.75) is 19.3 Å². The van der Waals surface area contributed by atoms with Crippen LogP contribution in [0.3, 0.4) is 0 Å². The molecule has 8 heteroatoms. The van der Waals surface area contributed by atoms with Crippen LogP contribution in [0.2, 0.25) is 0 Å². The van der Waals surface area contributed by atoms with Gasteiger partial charge in [0.2, 0.25) is 0 Å². The Labute approximate surface area is 154 Å². The van der Waals surface area contributed by atoms with Gasteiger partial charge >= 0.3 is 0 Å². The highest BCUT2D eigenvalue weighted by molar-refractivity contribution is 7.14. The van der Waals surface area contributed by atoms with Crippen molar-refractivity contribution in [3.8, 4) is 11.5 Å². The van der Waals surface area contributed by atoms with Crippen molar-refractivity contribution in [3.63, 3.8) is 0 Å². The van der Waals surface area contributed by atoms with Crippen LogP contribution in [0.5, 0.6) is 11.5 Å². The number of nitrogens with one attached hydrogen (secondary N) is 1. The predicted octanol–water partition coefficient (Wildman–Crippen LogP) is 1.38. The lowest BCUT2D eigenvalue weighted by atomic mass is 10.1. The molecule has 7 nitrogen and oxygen atoms in total. The number of ether oxygens (including phenoxy) is 2. The van der Waals surface area contributed by atoms with Gasteiger partial charge in [-0.15, -0.1) is 11.3 Å². The van der Waals surface area contributed by atoms with Crippen LogP contribution in [0.1, 0.15) is 42.5 Å². The fraction of sp³-hybridized carbons (Fsp3) is 0.278. The van der Waals surface area contributed by atoms with Gasteiger partial charge in [0, 0.05) is 10.4 Å². The molecular formula is C18H17N2O5S-. The molecule has 0 saturated heterocycles. The number of fused-ring (bicyclic) bond motifs is 1. The van der Waals surface area contributed by atoms with Gasteiger partial charge in [-0.3, -0.25) is 4.79 Å². The molecule has 3 rings (SSSR count). The number of thiophene rings is 1. The first-order valence-electron chi connectivity index (χ1n) is 7.96. The fourth-order valence-corrected chi connectivity index (χ4v) is 4.06. The van der Waals surface area contributed by atoms with E-state index in [0.29, 0.717) is 4.88 Å². The summed E-state index contributed by atoms with van der Waals surface area (Å²) in [5, 5.41) is 15.3. The molecule has 1 heterocycles. The summed E-state index contributed by atoms with van der Waals surface area (Å²) in [7, 11) is 2.74. The molecule has 0 bridgehead atoms. The molecule has 1 aromatic heterocycles. The van der Waals surface area contributed by atoms with E-state index in [4.69, 9.17) is 9.47 Å². The van der Waals surface area contributed by atoms with Crippen LogP contribution >= 0.6 is 11.3 Å². The van der Waals surface area contributed by atoms with Crippen molar-refractivity contribution < 1.29 is 24.2 Å². The van der Waals surface area contributed by atoms with E-state index in [1.165, 1.54) is 48.3 Å². The van der Waals surface area contributed by atoms with Crippen LogP contribution in [0.4, 0.5) is 0 Å². The van der Waals surface area contributed by atoms with Crippen LogP contribution < -0.4 is 20.0 Å². The number of hydrogen-bond donors (Lipinski definition) is 1. The lowest BCUT2D eigenvalue weighted by molar-refractivity contribution is -0.255. The first-order chi connectivity index (χ1) is 12.5. The molecule has 0 aliphatic heterocycles. The van der Waals surface area contributed by atoms with Crippen LogP contribution in [0.15, 0.2) is 23.3 Å². The number of methoxy groups -OCH3 is 2. The highest BCUT2D eigenvalue weighted by Crippen LogP contribution is 2.32. The normalized spacial score (nSPS) is 12.8. The van der Waals surface area contributed by atoms with Crippen molar-refractivity contribution in [3.05, 3.63) is 44.6 Å². The standard InChI is InChI=1S/C18H18N2O5S/c1-24-12-7-6-11(15(18(22)23)16(12)25-2)9-19-20-17(21)14-8-10-4-3-5-13(10)26-14/h6-9H,3-5H2,1-2H3,(H,20,21)(H,22,23)/p-1/b19-9-. The number of benzene rings is 1. The van der Waals surface area contributed by atoms with Crippen molar-refractivity contribution in [2.24, 2.45) is 5.10 Å².